The fourth-order valence-electron chi connectivity index (χ4n) is 2.25. The van der Waals surface area contributed by atoms with Crippen molar-refractivity contribution in [3.05, 3.63) is 23.8 Å². The first kappa shape index (κ1) is 15.1. The van der Waals surface area contributed by atoms with Gasteiger partial charge in [0.2, 0.25) is 0 Å². The van der Waals surface area contributed by atoms with Gasteiger partial charge in [-0.05, 0) is 36.5 Å². The number of methoxy groups -OCH3 is 1. The average molecular weight is 274 g/mol. The van der Waals surface area contributed by atoms with E-state index in [0.717, 1.165) is 31.6 Å². The second kappa shape index (κ2) is 6.83. The Morgan fingerprint density at radius 2 is 2.06 bits per heavy atom. The second-order valence-electron chi connectivity index (χ2n) is 4.41. The molecule has 1 saturated heterocycles. The summed E-state index contributed by atoms with van der Waals surface area (Å²) >= 11 is 0. The quantitative estimate of drug-likeness (QED) is 0.887. The molecule has 1 fully saturated rings. The Labute approximate surface area is 113 Å². The molecule has 1 aliphatic heterocycles. The molecule has 1 heterocycles. The first-order valence-corrected chi connectivity index (χ1v) is 5.92. The van der Waals surface area contributed by atoms with Crippen molar-refractivity contribution >= 4 is 12.4 Å². The number of halogens is 1. The van der Waals surface area contributed by atoms with E-state index < -0.39 is 0 Å². The van der Waals surface area contributed by atoms with Crippen LogP contribution in [-0.4, -0.2) is 25.4 Å². The summed E-state index contributed by atoms with van der Waals surface area (Å²) in [7, 11) is 1.54. The van der Waals surface area contributed by atoms with Crippen LogP contribution in [0.15, 0.2) is 18.2 Å². The maximum Gasteiger partial charge on any atom is 0.160 e. The molecular formula is C13H20ClNO3. The van der Waals surface area contributed by atoms with Crippen LogP contribution >= 0.6 is 12.4 Å². The van der Waals surface area contributed by atoms with Gasteiger partial charge in [-0.2, -0.15) is 0 Å². The Balaban J connectivity index is 0.00000162. The van der Waals surface area contributed by atoms with E-state index in [9.17, 15) is 5.11 Å². The van der Waals surface area contributed by atoms with Gasteiger partial charge < -0.3 is 20.3 Å². The SMILES string of the molecule is COc1cc([C@@H](N)C2CCOCC2)ccc1O.Cl. The number of hydrogen-bond donors (Lipinski definition) is 2. The smallest absolute Gasteiger partial charge is 0.160 e. The number of phenols is 1. The topological polar surface area (TPSA) is 64.7 Å². The van der Waals surface area contributed by atoms with Crippen LogP contribution in [0, 0.1) is 5.92 Å². The first-order chi connectivity index (χ1) is 8.22. The van der Waals surface area contributed by atoms with Crippen molar-refractivity contribution in [1.82, 2.24) is 0 Å². The summed E-state index contributed by atoms with van der Waals surface area (Å²) in [5.74, 6) is 1.07. The summed E-state index contributed by atoms with van der Waals surface area (Å²) < 4.78 is 10.4. The third-order valence-electron chi connectivity index (χ3n) is 3.36. The van der Waals surface area contributed by atoms with Gasteiger partial charge in [0.05, 0.1) is 7.11 Å². The minimum Gasteiger partial charge on any atom is -0.504 e. The molecule has 2 rings (SSSR count). The molecule has 0 aliphatic carbocycles. The Morgan fingerprint density at radius 1 is 1.39 bits per heavy atom. The van der Waals surface area contributed by atoms with Crippen molar-refractivity contribution in [3.63, 3.8) is 0 Å². The summed E-state index contributed by atoms with van der Waals surface area (Å²) in [6, 6.07) is 5.29. The van der Waals surface area contributed by atoms with E-state index in [1.165, 1.54) is 0 Å². The normalized spacial score (nSPS) is 17.9. The zero-order chi connectivity index (χ0) is 12.3. The number of hydrogen-bond acceptors (Lipinski definition) is 4. The van der Waals surface area contributed by atoms with E-state index in [2.05, 4.69) is 0 Å². The summed E-state index contributed by atoms with van der Waals surface area (Å²) in [4.78, 5) is 0. The van der Waals surface area contributed by atoms with Crippen LogP contribution in [0.3, 0.4) is 0 Å². The van der Waals surface area contributed by atoms with Crippen LogP contribution < -0.4 is 10.5 Å². The lowest BCUT2D eigenvalue weighted by Gasteiger charge is -2.28. The molecule has 18 heavy (non-hydrogen) atoms. The van der Waals surface area contributed by atoms with E-state index in [0.29, 0.717) is 11.7 Å². The number of benzene rings is 1. The molecule has 0 radical (unpaired) electrons. The largest absolute Gasteiger partial charge is 0.504 e. The number of aromatic hydroxyl groups is 1. The zero-order valence-corrected chi connectivity index (χ0v) is 11.3. The van der Waals surface area contributed by atoms with E-state index in [-0.39, 0.29) is 24.2 Å². The molecule has 0 spiro atoms. The molecule has 1 atom stereocenters. The van der Waals surface area contributed by atoms with E-state index in [4.69, 9.17) is 15.2 Å². The molecule has 0 unspecified atom stereocenters. The first-order valence-electron chi connectivity index (χ1n) is 5.92. The van der Waals surface area contributed by atoms with Crippen LogP contribution in [0.4, 0.5) is 0 Å². The van der Waals surface area contributed by atoms with Crippen LogP contribution in [-0.2, 0) is 4.74 Å². The monoisotopic (exact) mass is 273 g/mol. The van der Waals surface area contributed by atoms with Gasteiger partial charge in [0.1, 0.15) is 0 Å². The molecule has 5 heteroatoms. The summed E-state index contributed by atoms with van der Waals surface area (Å²) in [6.07, 6.45) is 1.98. The highest BCUT2D eigenvalue weighted by Crippen LogP contribution is 2.33. The fraction of sp³-hybridized carbons (Fsp3) is 0.538. The van der Waals surface area contributed by atoms with Crippen LogP contribution in [0.5, 0.6) is 11.5 Å². The lowest BCUT2D eigenvalue weighted by molar-refractivity contribution is 0.0583. The lowest BCUT2D eigenvalue weighted by Crippen LogP contribution is -2.27. The van der Waals surface area contributed by atoms with Crippen LogP contribution in [0.1, 0.15) is 24.4 Å². The number of rotatable bonds is 3. The lowest BCUT2D eigenvalue weighted by atomic mass is 9.88. The third kappa shape index (κ3) is 3.28. The number of nitrogens with two attached hydrogens (primary N) is 1. The Hall–Kier alpha value is -0.970. The van der Waals surface area contributed by atoms with Gasteiger partial charge in [0.25, 0.3) is 0 Å². The van der Waals surface area contributed by atoms with E-state index >= 15 is 0 Å². The molecule has 4 nitrogen and oxygen atoms in total. The van der Waals surface area contributed by atoms with Crippen molar-refractivity contribution < 1.29 is 14.6 Å². The standard InChI is InChI=1S/C13H19NO3.ClH/c1-16-12-8-10(2-3-11(12)15)13(14)9-4-6-17-7-5-9;/h2-3,8-9,13,15H,4-7,14H2,1H3;1H/t13-;/m0./s1. The van der Waals surface area contributed by atoms with Gasteiger partial charge in [-0.3, -0.25) is 0 Å². The maximum atomic E-state index is 9.54. The van der Waals surface area contributed by atoms with Gasteiger partial charge >= 0.3 is 0 Å². The molecule has 0 saturated carbocycles. The van der Waals surface area contributed by atoms with Crippen molar-refractivity contribution in [2.45, 2.75) is 18.9 Å². The summed E-state index contributed by atoms with van der Waals surface area (Å²) in [5.41, 5.74) is 7.26. The molecule has 3 N–H and O–H groups in total. The van der Waals surface area contributed by atoms with Crippen molar-refractivity contribution in [2.24, 2.45) is 11.7 Å². The zero-order valence-electron chi connectivity index (χ0n) is 10.5. The van der Waals surface area contributed by atoms with Crippen molar-refractivity contribution in [3.8, 4) is 11.5 Å². The molecule has 1 aromatic carbocycles. The molecule has 1 aromatic rings. The molecule has 0 bridgehead atoms. The highest BCUT2D eigenvalue weighted by atomic mass is 35.5. The molecule has 102 valence electrons. The highest BCUT2D eigenvalue weighted by Gasteiger charge is 2.22. The Morgan fingerprint density at radius 3 is 2.67 bits per heavy atom. The minimum absolute atomic E-state index is 0. The number of ether oxygens (including phenoxy) is 2. The van der Waals surface area contributed by atoms with Crippen LogP contribution in [0.2, 0.25) is 0 Å². The fourth-order valence-corrected chi connectivity index (χ4v) is 2.25. The average Bonchev–Trinajstić information content (AvgIpc) is 2.39. The molecule has 0 amide bonds. The Kier molecular flexibility index (Phi) is 5.72. The van der Waals surface area contributed by atoms with Crippen molar-refractivity contribution in [1.29, 1.82) is 0 Å². The van der Waals surface area contributed by atoms with Gasteiger partial charge in [-0.15, -0.1) is 12.4 Å². The molecular weight excluding hydrogens is 254 g/mol. The summed E-state index contributed by atoms with van der Waals surface area (Å²) in [5, 5.41) is 9.54. The van der Waals surface area contributed by atoms with Gasteiger partial charge in [0.15, 0.2) is 11.5 Å². The predicted molar refractivity (Wildman–Crippen MR) is 72.4 cm³/mol. The van der Waals surface area contributed by atoms with E-state index in [1.54, 1.807) is 13.2 Å². The minimum atomic E-state index is -0.0200. The Bertz CT molecular complexity index is 380. The highest BCUT2D eigenvalue weighted by molar-refractivity contribution is 5.85. The van der Waals surface area contributed by atoms with Crippen LogP contribution in [0.25, 0.3) is 0 Å². The van der Waals surface area contributed by atoms with Gasteiger partial charge in [-0.1, -0.05) is 6.07 Å². The molecule has 0 aromatic heterocycles. The van der Waals surface area contributed by atoms with E-state index in [1.807, 2.05) is 12.1 Å². The molecule has 1 aliphatic rings. The van der Waals surface area contributed by atoms with Gasteiger partial charge in [0, 0.05) is 19.3 Å². The van der Waals surface area contributed by atoms with Gasteiger partial charge in [-0.25, -0.2) is 0 Å². The van der Waals surface area contributed by atoms with Crippen molar-refractivity contribution in [2.75, 3.05) is 20.3 Å². The summed E-state index contributed by atoms with van der Waals surface area (Å²) in [6.45, 7) is 1.57. The maximum absolute atomic E-state index is 9.54. The number of phenolic OH excluding ortho intramolecular Hbond substituents is 1. The second-order valence-corrected chi connectivity index (χ2v) is 4.41. The third-order valence-corrected chi connectivity index (χ3v) is 3.36. The predicted octanol–water partition coefficient (Wildman–Crippen LogP) is 2.25.